The summed E-state index contributed by atoms with van der Waals surface area (Å²) < 4.78 is 7.58. The second-order valence-corrected chi connectivity index (χ2v) is 5.49. The van der Waals surface area contributed by atoms with Gasteiger partial charge >= 0.3 is 0 Å². The van der Waals surface area contributed by atoms with Crippen molar-refractivity contribution < 1.29 is 4.74 Å². The standard InChI is InChI=1S/C14H22N6O/c1-8(2)20-11(6-12(19-20)21-9(3)4)5-10-7-17-14(16)18-13(10)15/h6-9H,5H2,1-4H3,(H4,15,16,17,18). The van der Waals surface area contributed by atoms with Crippen LogP contribution in [0.4, 0.5) is 11.8 Å². The van der Waals surface area contributed by atoms with E-state index in [2.05, 4.69) is 28.9 Å². The van der Waals surface area contributed by atoms with E-state index in [1.54, 1.807) is 6.20 Å². The monoisotopic (exact) mass is 290 g/mol. The van der Waals surface area contributed by atoms with Crippen molar-refractivity contribution in [3.8, 4) is 5.88 Å². The van der Waals surface area contributed by atoms with Gasteiger partial charge in [0.05, 0.1) is 6.10 Å². The van der Waals surface area contributed by atoms with Crippen LogP contribution in [0.25, 0.3) is 0 Å². The fraction of sp³-hybridized carbons (Fsp3) is 0.500. The molecular weight excluding hydrogens is 268 g/mol. The van der Waals surface area contributed by atoms with Crippen LogP contribution in [-0.2, 0) is 6.42 Å². The van der Waals surface area contributed by atoms with Gasteiger partial charge in [0, 0.05) is 36.0 Å². The van der Waals surface area contributed by atoms with Crippen LogP contribution < -0.4 is 16.2 Å². The third-order valence-corrected chi connectivity index (χ3v) is 2.92. The third-order valence-electron chi connectivity index (χ3n) is 2.92. The fourth-order valence-corrected chi connectivity index (χ4v) is 2.05. The smallest absolute Gasteiger partial charge is 0.233 e. The number of anilines is 2. The van der Waals surface area contributed by atoms with Crippen molar-refractivity contribution >= 4 is 11.8 Å². The van der Waals surface area contributed by atoms with Crippen LogP contribution in [0.2, 0.25) is 0 Å². The molecular formula is C14H22N6O. The van der Waals surface area contributed by atoms with Gasteiger partial charge in [-0.1, -0.05) is 0 Å². The molecule has 114 valence electrons. The number of nitrogens with two attached hydrogens (primary N) is 2. The minimum Gasteiger partial charge on any atom is -0.474 e. The first-order chi connectivity index (χ1) is 9.86. The normalized spacial score (nSPS) is 11.3. The fourth-order valence-electron chi connectivity index (χ4n) is 2.05. The van der Waals surface area contributed by atoms with Crippen molar-refractivity contribution in [3.05, 3.63) is 23.5 Å². The summed E-state index contributed by atoms with van der Waals surface area (Å²) in [4.78, 5) is 7.97. The molecule has 0 aliphatic carbocycles. The Bertz CT molecular complexity index is 620. The summed E-state index contributed by atoms with van der Waals surface area (Å²) in [6, 6.07) is 2.15. The Balaban J connectivity index is 2.31. The number of hydrogen-bond acceptors (Lipinski definition) is 6. The summed E-state index contributed by atoms with van der Waals surface area (Å²) in [5.74, 6) is 1.19. The Hall–Kier alpha value is -2.31. The summed E-state index contributed by atoms with van der Waals surface area (Å²) in [5, 5.41) is 4.48. The molecule has 0 unspecified atom stereocenters. The molecule has 0 saturated carbocycles. The van der Waals surface area contributed by atoms with Gasteiger partial charge in [-0.15, -0.1) is 5.10 Å². The Kier molecular flexibility index (Phi) is 4.30. The molecule has 4 N–H and O–H groups in total. The first-order valence-corrected chi connectivity index (χ1v) is 6.98. The molecule has 0 amide bonds. The van der Waals surface area contributed by atoms with Gasteiger partial charge in [0.25, 0.3) is 0 Å². The van der Waals surface area contributed by atoms with Gasteiger partial charge in [-0.05, 0) is 27.7 Å². The molecule has 7 nitrogen and oxygen atoms in total. The van der Waals surface area contributed by atoms with E-state index >= 15 is 0 Å². The van der Waals surface area contributed by atoms with Crippen LogP contribution >= 0.6 is 0 Å². The summed E-state index contributed by atoms with van der Waals surface area (Å²) in [6.45, 7) is 8.08. The van der Waals surface area contributed by atoms with Gasteiger partial charge in [-0.3, -0.25) is 4.68 Å². The van der Waals surface area contributed by atoms with E-state index in [0.717, 1.165) is 11.3 Å². The lowest BCUT2D eigenvalue weighted by Gasteiger charge is -2.11. The zero-order chi connectivity index (χ0) is 15.6. The Morgan fingerprint density at radius 1 is 1.24 bits per heavy atom. The highest BCUT2D eigenvalue weighted by Gasteiger charge is 2.14. The molecule has 0 aliphatic rings. The van der Waals surface area contributed by atoms with Crippen LogP contribution in [0.1, 0.15) is 45.0 Å². The van der Waals surface area contributed by atoms with Crippen LogP contribution in [-0.4, -0.2) is 25.9 Å². The van der Waals surface area contributed by atoms with E-state index in [4.69, 9.17) is 16.2 Å². The maximum Gasteiger partial charge on any atom is 0.233 e. The lowest BCUT2D eigenvalue weighted by atomic mass is 10.1. The van der Waals surface area contributed by atoms with Gasteiger partial charge in [0.1, 0.15) is 5.82 Å². The Morgan fingerprint density at radius 2 is 1.95 bits per heavy atom. The highest BCUT2D eigenvalue weighted by atomic mass is 16.5. The van der Waals surface area contributed by atoms with Crippen molar-refractivity contribution in [1.82, 2.24) is 19.7 Å². The average molecular weight is 290 g/mol. The average Bonchev–Trinajstić information content (AvgIpc) is 2.75. The maximum absolute atomic E-state index is 5.89. The molecule has 7 heteroatoms. The first-order valence-electron chi connectivity index (χ1n) is 6.98. The number of nitrogens with zero attached hydrogens (tertiary/aromatic N) is 4. The highest BCUT2D eigenvalue weighted by Crippen LogP contribution is 2.22. The molecule has 0 spiro atoms. The lowest BCUT2D eigenvalue weighted by molar-refractivity contribution is 0.229. The van der Waals surface area contributed by atoms with Gasteiger partial charge in [-0.25, -0.2) is 4.98 Å². The van der Waals surface area contributed by atoms with Crippen molar-refractivity contribution in [2.45, 2.75) is 46.3 Å². The van der Waals surface area contributed by atoms with Crippen molar-refractivity contribution in [1.29, 1.82) is 0 Å². The molecule has 0 bridgehead atoms. The molecule has 2 aromatic heterocycles. The molecule has 2 rings (SSSR count). The van der Waals surface area contributed by atoms with E-state index in [-0.39, 0.29) is 18.1 Å². The first kappa shape index (κ1) is 15.1. The summed E-state index contributed by atoms with van der Waals surface area (Å²) in [5.41, 5.74) is 13.2. The lowest BCUT2D eigenvalue weighted by Crippen LogP contribution is -2.10. The molecule has 0 radical (unpaired) electrons. The molecule has 0 fully saturated rings. The number of nitrogen functional groups attached to an aromatic ring is 2. The molecule has 0 aromatic carbocycles. The quantitative estimate of drug-likeness (QED) is 0.870. The van der Waals surface area contributed by atoms with Crippen LogP contribution in [0.3, 0.4) is 0 Å². The molecule has 0 saturated heterocycles. The minimum absolute atomic E-state index is 0.0817. The van der Waals surface area contributed by atoms with Gasteiger partial charge in [-0.2, -0.15) is 4.98 Å². The van der Waals surface area contributed by atoms with Crippen molar-refractivity contribution in [2.75, 3.05) is 11.5 Å². The number of aromatic nitrogens is 4. The summed E-state index contributed by atoms with van der Waals surface area (Å²) >= 11 is 0. The predicted octanol–water partition coefficient (Wildman–Crippen LogP) is 1.80. The van der Waals surface area contributed by atoms with E-state index < -0.39 is 0 Å². The van der Waals surface area contributed by atoms with Crippen LogP contribution in [0.15, 0.2) is 12.3 Å². The van der Waals surface area contributed by atoms with Gasteiger partial charge < -0.3 is 16.2 Å². The summed E-state index contributed by atoms with van der Waals surface area (Å²) in [6.07, 6.45) is 2.31. The van der Waals surface area contributed by atoms with E-state index in [1.807, 2.05) is 24.6 Å². The zero-order valence-corrected chi connectivity index (χ0v) is 12.9. The van der Waals surface area contributed by atoms with Gasteiger partial charge in [0.2, 0.25) is 11.8 Å². The van der Waals surface area contributed by atoms with E-state index in [0.29, 0.717) is 18.1 Å². The molecule has 0 aliphatic heterocycles. The highest BCUT2D eigenvalue weighted by molar-refractivity contribution is 5.43. The molecule has 21 heavy (non-hydrogen) atoms. The Morgan fingerprint density at radius 3 is 2.52 bits per heavy atom. The maximum atomic E-state index is 5.89. The molecule has 2 heterocycles. The third kappa shape index (κ3) is 3.62. The number of hydrogen-bond donors (Lipinski definition) is 2. The largest absolute Gasteiger partial charge is 0.474 e. The second kappa shape index (κ2) is 5.99. The van der Waals surface area contributed by atoms with E-state index in [9.17, 15) is 0 Å². The van der Waals surface area contributed by atoms with Gasteiger partial charge in [0.15, 0.2) is 0 Å². The molecule has 0 atom stereocenters. The van der Waals surface area contributed by atoms with Crippen LogP contribution in [0, 0.1) is 0 Å². The van der Waals surface area contributed by atoms with Crippen LogP contribution in [0.5, 0.6) is 5.88 Å². The van der Waals surface area contributed by atoms with Crippen molar-refractivity contribution in [3.63, 3.8) is 0 Å². The van der Waals surface area contributed by atoms with E-state index in [1.165, 1.54) is 0 Å². The predicted molar refractivity (Wildman–Crippen MR) is 82.0 cm³/mol. The zero-order valence-electron chi connectivity index (χ0n) is 12.9. The summed E-state index contributed by atoms with van der Waals surface area (Å²) in [7, 11) is 0. The number of rotatable bonds is 5. The number of ether oxygens (including phenoxy) is 1. The SMILES string of the molecule is CC(C)Oc1cc(Cc2cnc(N)nc2N)n(C(C)C)n1. The second-order valence-electron chi connectivity index (χ2n) is 5.49. The Labute approximate surface area is 124 Å². The molecule has 2 aromatic rings. The topological polar surface area (TPSA) is 105 Å². The minimum atomic E-state index is 0.0817. The van der Waals surface area contributed by atoms with Crippen molar-refractivity contribution in [2.24, 2.45) is 0 Å².